The van der Waals surface area contributed by atoms with E-state index >= 15 is 0 Å². The van der Waals surface area contributed by atoms with Crippen molar-refractivity contribution in [2.75, 3.05) is 19.8 Å². The summed E-state index contributed by atoms with van der Waals surface area (Å²) >= 11 is 0. The first-order chi connectivity index (χ1) is 19.3. The Labute approximate surface area is 239 Å². The van der Waals surface area contributed by atoms with E-state index < -0.39 is 0 Å². The molecule has 0 saturated carbocycles. The van der Waals surface area contributed by atoms with E-state index in [1.807, 2.05) is 6.20 Å². The number of ether oxygens (including phenoxy) is 3. The standard InChI is InChI=1S/C35H55NO3/c1-3-5-7-9-11-12-13-15-17-31-28-38-35(39-29-31)25-19-30-18-24-34(36-27-30)32-20-22-33(23-21-32)37-26-16-14-10-8-6-4-2/h18,20-24,27,31,35H,3-17,19,25-26,28-29H2,1-2H3. The maximum Gasteiger partial charge on any atom is 0.157 e. The topological polar surface area (TPSA) is 40.6 Å². The molecule has 0 unspecified atom stereocenters. The van der Waals surface area contributed by atoms with Gasteiger partial charge >= 0.3 is 0 Å². The van der Waals surface area contributed by atoms with E-state index in [9.17, 15) is 0 Å². The molecule has 2 aromatic rings. The fraction of sp³-hybridized carbons (Fsp3) is 0.686. The van der Waals surface area contributed by atoms with Crippen molar-refractivity contribution in [1.29, 1.82) is 0 Å². The van der Waals surface area contributed by atoms with Gasteiger partial charge in [-0.25, -0.2) is 0 Å². The molecule has 4 heteroatoms. The van der Waals surface area contributed by atoms with Gasteiger partial charge in [0.2, 0.25) is 0 Å². The van der Waals surface area contributed by atoms with Crippen LogP contribution in [0.25, 0.3) is 11.3 Å². The second kappa shape index (κ2) is 20.0. The van der Waals surface area contributed by atoms with Gasteiger partial charge in [-0.05, 0) is 55.2 Å². The summed E-state index contributed by atoms with van der Waals surface area (Å²) in [5, 5.41) is 0. The van der Waals surface area contributed by atoms with Crippen molar-refractivity contribution in [3.8, 4) is 17.0 Å². The molecule has 0 atom stereocenters. The maximum absolute atomic E-state index is 6.04. The van der Waals surface area contributed by atoms with Crippen LogP contribution in [0.2, 0.25) is 0 Å². The molecule has 3 rings (SSSR count). The normalized spacial score (nSPS) is 17.4. The van der Waals surface area contributed by atoms with Gasteiger partial charge in [-0.1, -0.05) is 103 Å². The first-order valence-corrected chi connectivity index (χ1v) is 16.2. The first kappa shape index (κ1) is 31.6. The fourth-order valence-electron chi connectivity index (χ4n) is 5.31. The van der Waals surface area contributed by atoms with E-state index in [0.29, 0.717) is 5.92 Å². The Bertz CT molecular complexity index is 843. The number of nitrogens with zero attached hydrogens (tertiary/aromatic N) is 1. The molecule has 0 radical (unpaired) electrons. The zero-order valence-corrected chi connectivity index (χ0v) is 25.0. The molecule has 0 bridgehead atoms. The summed E-state index contributed by atoms with van der Waals surface area (Å²) in [6.07, 6.45) is 23.6. The van der Waals surface area contributed by atoms with E-state index in [0.717, 1.165) is 56.1 Å². The van der Waals surface area contributed by atoms with Crippen LogP contribution in [-0.4, -0.2) is 31.1 Å². The highest BCUT2D eigenvalue weighted by Gasteiger charge is 2.21. The van der Waals surface area contributed by atoms with Crippen LogP contribution >= 0.6 is 0 Å². The molecule has 0 N–H and O–H groups in total. The summed E-state index contributed by atoms with van der Waals surface area (Å²) < 4.78 is 18.0. The minimum atomic E-state index is -0.0802. The molecule has 0 aliphatic carbocycles. The van der Waals surface area contributed by atoms with Crippen LogP contribution in [0.1, 0.15) is 122 Å². The lowest BCUT2D eigenvalue weighted by atomic mass is 10.0. The number of hydrogen-bond donors (Lipinski definition) is 0. The SMILES string of the molecule is CCCCCCCCCCC1COC(CCc2ccc(-c3ccc(OCCCCCCCC)cc3)nc2)OC1. The van der Waals surface area contributed by atoms with Gasteiger partial charge in [-0.2, -0.15) is 0 Å². The summed E-state index contributed by atoms with van der Waals surface area (Å²) in [5.74, 6) is 1.51. The second-order valence-corrected chi connectivity index (χ2v) is 11.5. The molecule has 39 heavy (non-hydrogen) atoms. The third kappa shape index (κ3) is 13.3. The molecule has 1 aromatic carbocycles. The molecule has 1 aliphatic rings. The minimum absolute atomic E-state index is 0.0802. The van der Waals surface area contributed by atoms with Crippen LogP contribution in [0.3, 0.4) is 0 Å². The number of aryl methyl sites for hydroxylation is 1. The number of rotatable bonds is 21. The van der Waals surface area contributed by atoms with Crippen LogP contribution in [0, 0.1) is 5.92 Å². The predicted molar refractivity (Wildman–Crippen MR) is 163 cm³/mol. The fourth-order valence-corrected chi connectivity index (χ4v) is 5.31. The number of hydrogen-bond acceptors (Lipinski definition) is 4. The monoisotopic (exact) mass is 537 g/mol. The van der Waals surface area contributed by atoms with Gasteiger partial charge < -0.3 is 14.2 Å². The highest BCUT2D eigenvalue weighted by Crippen LogP contribution is 2.23. The van der Waals surface area contributed by atoms with Gasteiger partial charge in [-0.3, -0.25) is 4.98 Å². The molecule has 1 aliphatic heterocycles. The Kier molecular flexibility index (Phi) is 16.2. The second-order valence-electron chi connectivity index (χ2n) is 11.5. The average molecular weight is 538 g/mol. The van der Waals surface area contributed by atoms with Gasteiger partial charge in [0.05, 0.1) is 25.5 Å². The first-order valence-electron chi connectivity index (χ1n) is 16.2. The lowest BCUT2D eigenvalue weighted by molar-refractivity contribution is -0.203. The van der Waals surface area contributed by atoms with E-state index in [1.54, 1.807) is 0 Å². The van der Waals surface area contributed by atoms with E-state index in [1.165, 1.54) is 95.5 Å². The van der Waals surface area contributed by atoms with Crippen LogP contribution in [0.5, 0.6) is 5.75 Å². The smallest absolute Gasteiger partial charge is 0.157 e. The van der Waals surface area contributed by atoms with Gasteiger partial charge in [0, 0.05) is 24.1 Å². The minimum Gasteiger partial charge on any atom is -0.494 e. The lowest BCUT2D eigenvalue weighted by Gasteiger charge is -2.29. The Balaban J connectivity index is 1.26. The van der Waals surface area contributed by atoms with Crippen LogP contribution in [0.15, 0.2) is 42.6 Å². The van der Waals surface area contributed by atoms with Crippen molar-refractivity contribution >= 4 is 0 Å². The quantitative estimate of drug-likeness (QED) is 0.149. The molecule has 0 spiro atoms. The number of unbranched alkanes of at least 4 members (excludes halogenated alkanes) is 12. The predicted octanol–water partition coefficient (Wildman–Crippen LogP) is 9.94. The summed E-state index contributed by atoms with van der Waals surface area (Å²) in [5.41, 5.74) is 3.34. The van der Waals surface area contributed by atoms with E-state index in [4.69, 9.17) is 19.2 Å². The zero-order chi connectivity index (χ0) is 27.4. The Morgan fingerprint density at radius 2 is 1.31 bits per heavy atom. The van der Waals surface area contributed by atoms with Crippen molar-refractivity contribution in [3.05, 3.63) is 48.2 Å². The highest BCUT2D eigenvalue weighted by atomic mass is 16.7. The summed E-state index contributed by atoms with van der Waals surface area (Å²) in [4.78, 5) is 4.71. The average Bonchev–Trinajstić information content (AvgIpc) is 2.98. The Morgan fingerprint density at radius 3 is 1.92 bits per heavy atom. The van der Waals surface area contributed by atoms with Crippen molar-refractivity contribution in [2.24, 2.45) is 5.92 Å². The molecule has 1 fully saturated rings. The number of benzene rings is 1. The molecule has 218 valence electrons. The summed E-state index contributed by atoms with van der Waals surface area (Å²) in [6, 6.07) is 12.6. The molecule has 2 heterocycles. The summed E-state index contributed by atoms with van der Waals surface area (Å²) in [7, 11) is 0. The molecule has 1 saturated heterocycles. The van der Waals surface area contributed by atoms with Crippen molar-refractivity contribution in [1.82, 2.24) is 4.98 Å². The molecular weight excluding hydrogens is 482 g/mol. The molecule has 4 nitrogen and oxygen atoms in total. The lowest BCUT2D eigenvalue weighted by Crippen LogP contribution is -2.32. The van der Waals surface area contributed by atoms with Crippen molar-refractivity contribution in [3.63, 3.8) is 0 Å². The van der Waals surface area contributed by atoms with Gasteiger partial charge in [0.15, 0.2) is 6.29 Å². The molecular formula is C35H55NO3. The van der Waals surface area contributed by atoms with Crippen LogP contribution in [0.4, 0.5) is 0 Å². The van der Waals surface area contributed by atoms with E-state index in [-0.39, 0.29) is 6.29 Å². The van der Waals surface area contributed by atoms with Gasteiger partial charge in [0.25, 0.3) is 0 Å². The Morgan fingerprint density at radius 1 is 0.692 bits per heavy atom. The number of aromatic nitrogens is 1. The zero-order valence-electron chi connectivity index (χ0n) is 25.0. The molecule has 0 amide bonds. The van der Waals surface area contributed by atoms with Gasteiger partial charge in [-0.15, -0.1) is 0 Å². The van der Waals surface area contributed by atoms with Gasteiger partial charge in [0.1, 0.15) is 5.75 Å². The Hall–Kier alpha value is -1.91. The van der Waals surface area contributed by atoms with E-state index in [2.05, 4.69) is 50.2 Å². The summed E-state index contributed by atoms with van der Waals surface area (Å²) in [6.45, 7) is 7.02. The largest absolute Gasteiger partial charge is 0.494 e. The third-order valence-electron chi connectivity index (χ3n) is 7.91. The highest BCUT2D eigenvalue weighted by molar-refractivity contribution is 5.60. The van der Waals surface area contributed by atoms with Crippen molar-refractivity contribution in [2.45, 2.75) is 129 Å². The number of pyridine rings is 1. The molecule has 1 aromatic heterocycles. The maximum atomic E-state index is 6.04. The third-order valence-corrected chi connectivity index (χ3v) is 7.91. The van der Waals surface area contributed by atoms with Crippen LogP contribution < -0.4 is 4.74 Å². The van der Waals surface area contributed by atoms with Crippen LogP contribution in [-0.2, 0) is 15.9 Å². The van der Waals surface area contributed by atoms with Crippen molar-refractivity contribution < 1.29 is 14.2 Å².